The van der Waals surface area contributed by atoms with E-state index in [2.05, 4.69) is 20.2 Å². The summed E-state index contributed by atoms with van der Waals surface area (Å²) in [6, 6.07) is 5.91. The number of ether oxygens (including phenoxy) is 1. The molecule has 2 heterocycles. The van der Waals surface area contributed by atoms with Crippen molar-refractivity contribution in [1.29, 1.82) is 0 Å². The zero-order valence-corrected chi connectivity index (χ0v) is 14.2. The van der Waals surface area contributed by atoms with Crippen molar-refractivity contribution in [3.05, 3.63) is 46.2 Å². The smallest absolute Gasteiger partial charge is 0.350 e. The van der Waals surface area contributed by atoms with Crippen LogP contribution in [0, 0.1) is 12.7 Å². The molecule has 2 aromatic rings. The van der Waals surface area contributed by atoms with Crippen molar-refractivity contribution in [3.63, 3.8) is 0 Å². The number of hydrogen-bond donors (Lipinski definition) is 1. The molecular formula is C16H14FN3O4S. The Morgan fingerprint density at radius 2 is 2.24 bits per heavy atom. The molecule has 0 aliphatic carbocycles. The van der Waals surface area contributed by atoms with Crippen molar-refractivity contribution in [2.75, 3.05) is 12.4 Å². The number of thiazole rings is 1. The van der Waals surface area contributed by atoms with E-state index in [0.29, 0.717) is 21.8 Å². The van der Waals surface area contributed by atoms with Crippen LogP contribution >= 0.6 is 11.3 Å². The number of esters is 1. The van der Waals surface area contributed by atoms with E-state index >= 15 is 0 Å². The van der Waals surface area contributed by atoms with Crippen molar-refractivity contribution < 1.29 is 23.6 Å². The zero-order valence-electron chi connectivity index (χ0n) is 13.4. The monoisotopic (exact) mass is 363 g/mol. The van der Waals surface area contributed by atoms with Gasteiger partial charge in [-0.2, -0.15) is 0 Å². The minimum atomic E-state index is -0.843. The number of halogens is 1. The molecule has 9 heteroatoms. The topological polar surface area (TPSA) is 89.9 Å². The van der Waals surface area contributed by atoms with Crippen molar-refractivity contribution in [2.45, 2.75) is 19.4 Å². The summed E-state index contributed by atoms with van der Waals surface area (Å²) in [5, 5.41) is 6.72. The van der Waals surface area contributed by atoms with Gasteiger partial charge in [-0.25, -0.2) is 14.2 Å². The minimum absolute atomic E-state index is 0.212. The Morgan fingerprint density at radius 1 is 1.44 bits per heavy atom. The molecule has 7 nitrogen and oxygen atoms in total. The second-order valence-electron chi connectivity index (χ2n) is 5.26. The molecule has 0 radical (unpaired) electrons. The maximum Gasteiger partial charge on any atom is 0.350 e. The number of nitrogens with one attached hydrogen (secondary N) is 1. The fraction of sp³-hybridized carbons (Fsp3) is 0.250. The number of oxime groups is 1. The Morgan fingerprint density at radius 3 is 2.96 bits per heavy atom. The lowest BCUT2D eigenvalue weighted by Crippen LogP contribution is -2.28. The quantitative estimate of drug-likeness (QED) is 0.843. The summed E-state index contributed by atoms with van der Waals surface area (Å²) in [5.41, 5.74) is 1.52. The fourth-order valence-electron chi connectivity index (χ4n) is 2.27. The first-order valence-electron chi connectivity index (χ1n) is 7.33. The number of aryl methyl sites for hydroxylation is 1. The SMILES string of the molecule is COC(=O)c1sc(NC(=O)[C@@H]2CC(c3cccc(F)c3)=NO2)nc1C. The number of amides is 1. The molecule has 0 saturated heterocycles. The lowest BCUT2D eigenvalue weighted by atomic mass is 10.0. The number of carbonyl (C=O) groups is 2. The van der Waals surface area contributed by atoms with Crippen LogP contribution in [0.5, 0.6) is 0 Å². The number of rotatable bonds is 4. The normalized spacial score (nSPS) is 16.1. The maximum absolute atomic E-state index is 13.3. The summed E-state index contributed by atoms with van der Waals surface area (Å²) in [6.45, 7) is 1.65. The van der Waals surface area contributed by atoms with Gasteiger partial charge in [0.15, 0.2) is 5.13 Å². The first-order valence-corrected chi connectivity index (χ1v) is 8.15. The van der Waals surface area contributed by atoms with Crippen LogP contribution < -0.4 is 5.32 Å². The van der Waals surface area contributed by atoms with Crippen LogP contribution in [-0.2, 0) is 14.4 Å². The summed E-state index contributed by atoms with van der Waals surface area (Å²) in [4.78, 5) is 33.4. The maximum atomic E-state index is 13.3. The van der Waals surface area contributed by atoms with Crippen LogP contribution in [-0.4, -0.2) is 35.8 Å². The highest BCUT2D eigenvalue weighted by Gasteiger charge is 2.30. The number of benzene rings is 1. The number of anilines is 1. The largest absolute Gasteiger partial charge is 0.465 e. The third-order valence-corrected chi connectivity index (χ3v) is 4.57. The predicted molar refractivity (Wildman–Crippen MR) is 89.2 cm³/mol. The molecule has 1 aliphatic rings. The molecule has 1 aliphatic heterocycles. The van der Waals surface area contributed by atoms with Gasteiger partial charge in [-0.3, -0.25) is 10.1 Å². The second kappa shape index (κ2) is 6.98. The Hall–Kier alpha value is -2.81. The average Bonchev–Trinajstić information content (AvgIpc) is 3.21. The minimum Gasteiger partial charge on any atom is -0.465 e. The van der Waals surface area contributed by atoms with Crippen LogP contribution in [0.3, 0.4) is 0 Å². The molecule has 1 amide bonds. The highest BCUT2D eigenvalue weighted by Crippen LogP contribution is 2.25. The standard InChI is InChI=1S/C16H14FN3O4S/c1-8-13(15(22)23-2)25-16(18-8)19-14(21)12-7-11(20-24-12)9-4-3-5-10(17)6-9/h3-6,12H,7H2,1-2H3,(H,18,19,21)/t12-/m0/s1. The number of aromatic nitrogens is 1. The second-order valence-corrected chi connectivity index (χ2v) is 6.26. The van der Waals surface area contributed by atoms with Gasteiger partial charge in [-0.05, 0) is 19.1 Å². The first kappa shape index (κ1) is 17.0. The average molecular weight is 363 g/mol. The molecule has 1 aromatic carbocycles. The van der Waals surface area contributed by atoms with Crippen LogP contribution in [0.4, 0.5) is 9.52 Å². The van der Waals surface area contributed by atoms with Crippen molar-refractivity contribution >= 4 is 34.1 Å². The van der Waals surface area contributed by atoms with Gasteiger partial charge in [0, 0.05) is 12.0 Å². The molecule has 1 N–H and O–H groups in total. The zero-order chi connectivity index (χ0) is 18.0. The molecule has 0 spiro atoms. The van der Waals surface area contributed by atoms with Gasteiger partial charge in [0.1, 0.15) is 10.7 Å². The van der Waals surface area contributed by atoms with Crippen LogP contribution in [0.2, 0.25) is 0 Å². The third-order valence-electron chi connectivity index (χ3n) is 3.52. The molecular weight excluding hydrogens is 349 g/mol. The fourth-order valence-corrected chi connectivity index (χ4v) is 3.16. The van der Waals surface area contributed by atoms with E-state index < -0.39 is 18.0 Å². The number of nitrogens with zero attached hydrogens (tertiary/aromatic N) is 2. The van der Waals surface area contributed by atoms with E-state index in [1.807, 2.05) is 0 Å². The van der Waals surface area contributed by atoms with E-state index in [1.165, 1.54) is 19.2 Å². The van der Waals surface area contributed by atoms with Crippen molar-refractivity contribution in [3.8, 4) is 0 Å². The van der Waals surface area contributed by atoms with Crippen LogP contribution in [0.25, 0.3) is 0 Å². The summed E-state index contributed by atoms with van der Waals surface area (Å²) < 4.78 is 17.9. The molecule has 1 atom stereocenters. The summed E-state index contributed by atoms with van der Waals surface area (Å²) >= 11 is 1.02. The van der Waals surface area contributed by atoms with Gasteiger partial charge < -0.3 is 9.57 Å². The molecule has 130 valence electrons. The lowest BCUT2D eigenvalue weighted by Gasteiger charge is -2.06. The van der Waals surface area contributed by atoms with E-state index in [4.69, 9.17) is 4.84 Å². The molecule has 0 bridgehead atoms. The molecule has 1 aromatic heterocycles. The molecule has 3 rings (SSSR count). The summed E-state index contributed by atoms with van der Waals surface area (Å²) in [7, 11) is 1.28. The van der Waals surface area contributed by atoms with Crippen molar-refractivity contribution in [1.82, 2.24) is 4.98 Å². The van der Waals surface area contributed by atoms with Crippen molar-refractivity contribution in [2.24, 2.45) is 5.16 Å². The van der Waals surface area contributed by atoms with E-state index in [-0.39, 0.29) is 17.4 Å². The van der Waals surface area contributed by atoms with E-state index in [1.54, 1.807) is 19.1 Å². The number of carbonyl (C=O) groups excluding carboxylic acids is 2. The number of methoxy groups -OCH3 is 1. The molecule has 0 fully saturated rings. The molecule has 0 unspecified atom stereocenters. The first-order chi connectivity index (χ1) is 12.0. The Balaban J connectivity index is 1.65. The summed E-state index contributed by atoms with van der Waals surface area (Å²) in [6.07, 6.45) is -0.632. The Labute approximate surface area is 146 Å². The van der Waals surface area contributed by atoms with Crippen LogP contribution in [0.1, 0.15) is 27.3 Å². The van der Waals surface area contributed by atoms with Gasteiger partial charge in [-0.1, -0.05) is 28.6 Å². The van der Waals surface area contributed by atoms with E-state index in [0.717, 1.165) is 11.3 Å². The third kappa shape index (κ3) is 3.66. The Bertz CT molecular complexity index is 865. The Kier molecular flexibility index (Phi) is 4.75. The molecule has 25 heavy (non-hydrogen) atoms. The van der Waals surface area contributed by atoms with E-state index in [9.17, 15) is 14.0 Å². The number of hydrogen-bond acceptors (Lipinski definition) is 7. The lowest BCUT2D eigenvalue weighted by molar-refractivity contribution is -0.125. The van der Waals surface area contributed by atoms with Crippen LogP contribution in [0.15, 0.2) is 29.4 Å². The molecule has 0 saturated carbocycles. The van der Waals surface area contributed by atoms with Gasteiger partial charge in [0.2, 0.25) is 6.10 Å². The highest BCUT2D eigenvalue weighted by atomic mass is 32.1. The van der Waals surface area contributed by atoms with Gasteiger partial charge in [-0.15, -0.1) is 0 Å². The van der Waals surface area contributed by atoms with Gasteiger partial charge in [0.25, 0.3) is 5.91 Å². The van der Waals surface area contributed by atoms with Gasteiger partial charge in [0.05, 0.1) is 18.5 Å². The predicted octanol–water partition coefficient (Wildman–Crippen LogP) is 2.51. The van der Waals surface area contributed by atoms with Gasteiger partial charge >= 0.3 is 5.97 Å². The highest BCUT2D eigenvalue weighted by molar-refractivity contribution is 7.17. The summed E-state index contributed by atoms with van der Waals surface area (Å²) in [5.74, 6) is -1.34.